The number of allylic oxidation sites excluding steroid dienone is 2. The Morgan fingerprint density at radius 1 is 1.27 bits per heavy atom. The third-order valence-corrected chi connectivity index (χ3v) is 8.17. The van der Waals surface area contributed by atoms with Gasteiger partial charge in [0.15, 0.2) is 10.9 Å². The first-order valence-corrected chi connectivity index (χ1v) is 13.8. The average molecular weight is 566 g/mol. The molecular formula is C24H24ClN3O7S2. The molecule has 0 spiro atoms. The van der Waals surface area contributed by atoms with Gasteiger partial charge in [-0.3, -0.25) is 14.3 Å². The molecule has 0 fully saturated rings. The van der Waals surface area contributed by atoms with E-state index in [1.807, 2.05) is 0 Å². The van der Waals surface area contributed by atoms with E-state index < -0.39 is 33.2 Å². The fourth-order valence-corrected chi connectivity index (χ4v) is 5.89. The van der Waals surface area contributed by atoms with Crippen LogP contribution < -0.4 is 10.5 Å². The summed E-state index contributed by atoms with van der Waals surface area (Å²) in [6.45, 7) is 1.49. The van der Waals surface area contributed by atoms with Gasteiger partial charge >= 0.3 is 11.9 Å². The summed E-state index contributed by atoms with van der Waals surface area (Å²) in [7, 11) is -3.80. The van der Waals surface area contributed by atoms with Crippen LogP contribution in [0.2, 0.25) is 5.02 Å². The number of nitrogens with zero attached hydrogens (tertiary/aromatic N) is 1. The number of carbonyl (C=O) groups is 3. The smallest absolute Gasteiger partial charge is 0.331 e. The molecule has 1 aliphatic rings. The molecule has 5 N–H and O–H groups in total. The van der Waals surface area contributed by atoms with Crippen molar-refractivity contribution in [3.8, 4) is 0 Å². The molecular weight excluding hydrogens is 542 g/mol. The van der Waals surface area contributed by atoms with Crippen molar-refractivity contribution in [2.75, 3.05) is 10.5 Å². The number of hydrogen-bond donors (Lipinski definition) is 4. The minimum Gasteiger partial charge on any atom is -0.481 e. The Hall–Kier alpha value is -3.32. The van der Waals surface area contributed by atoms with E-state index in [4.69, 9.17) is 17.3 Å². The summed E-state index contributed by atoms with van der Waals surface area (Å²) in [5, 5.41) is 20.9. The predicted octanol–water partition coefficient (Wildman–Crippen LogP) is 3.25. The second kappa shape index (κ2) is 11.4. The van der Waals surface area contributed by atoms with Crippen molar-refractivity contribution in [3.63, 3.8) is 0 Å². The van der Waals surface area contributed by atoms with E-state index in [0.717, 1.165) is 11.3 Å². The third kappa shape index (κ3) is 6.72. The van der Waals surface area contributed by atoms with Crippen LogP contribution >= 0.6 is 22.9 Å². The van der Waals surface area contributed by atoms with E-state index >= 15 is 0 Å². The number of aliphatic carboxylic acids is 2. The van der Waals surface area contributed by atoms with Gasteiger partial charge < -0.3 is 15.9 Å². The summed E-state index contributed by atoms with van der Waals surface area (Å²) in [5.74, 6) is -3.48. The number of hydrogen-bond acceptors (Lipinski definition) is 8. The molecule has 1 aromatic heterocycles. The summed E-state index contributed by atoms with van der Waals surface area (Å²) in [5.41, 5.74) is 5.47. The van der Waals surface area contributed by atoms with E-state index in [2.05, 4.69) is 9.71 Å². The van der Waals surface area contributed by atoms with Crippen molar-refractivity contribution in [2.24, 2.45) is 11.1 Å². The van der Waals surface area contributed by atoms with E-state index in [9.17, 15) is 33.0 Å². The number of benzene rings is 1. The van der Waals surface area contributed by atoms with E-state index in [-0.39, 0.29) is 47.1 Å². The molecule has 1 aliphatic carbocycles. The fourth-order valence-electron chi connectivity index (χ4n) is 3.76. The number of aromatic nitrogens is 1. The van der Waals surface area contributed by atoms with Gasteiger partial charge in [-0.25, -0.2) is 18.2 Å². The highest BCUT2D eigenvalue weighted by molar-refractivity contribution is 7.93. The number of ketones is 1. The maximum Gasteiger partial charge on any atom is 0.331 e. The molecule has 1 heterocycles. The lowest BCUT2D eigenvalue weighted by atomic mass is 9.71. The lowest BCUT2D eigenvalue weighted by Gasteiger charge is -2.29. The highest BCUT2D eigenvalue weighted by Crippen LogP contribution is 2.39. The van der Waals surface area contributed by atoms with Crippen molar-refractivity contribution >= 4 is 61.9 Å². The van der Waals surface area contributed by atoms with Crippen LogP contribution in [-0.2, 0) is 37.4 Å². The first kappa shape index (κ1) is 28.3. The van der Waals surface area contributed by atoms with Crippen LogP contribution in [0.25, 0.3) is 6.08 Å². The molecule has 196 valence electrons. The number of carboxylic acid groups (broad SMARTS) is 2. The molecule has 37 heavy (non-hydrogen) atoms. The van der Waals surface area contributed by atoms with Crippen molar-refractivity contribution < 1.29 is 33.0 Å². The molecule has 0 unspecified atom stereocenters. The Morgan fingerprint density at radius 2 is 2.00 bits per heavy atom. The van der Waals surface area contributed by atoms with Crippen molar-refractivity contribution in [1.82, 2.24) is 4.98 Å². The zero-order valence-electron chi connectivity index (χ0n) is 19.6. The van der Waals surface area contributed by atoms with Crippen molar-refractivity contribution in [3.05, 3.63) is 74.8 Å². The first-order valence-electron chi connectivity index (χ1n) is 10.9. The standard InChI is InChI=1S/C24H24ClN3O7S2/c1-24(22(32)33)11-15(21(30)31)7-8-18(24)20(29)10-16-13-36-23(27-16)28-37(34,35)9-3-5-14-4-2-6-19(25)17(14)12-26/h2-8,13H,9-12,26H2,1H3,(H,27,28)(H,30,31)(H,32,33)/t24-/m1/s1. The highest BCUT2D eigenvalue weighted by atomic mass is 35.5. The minimum absolute atomic E-state index is 0.0493. The first-order chi connectivity index (χ1) is 17.4. The van der Waals surface area contributed by atoms with Crippen LogP contribution in [0.5, 0.6) is 0 Å². The second-order valence-electron chi connectivity index (χ2n) is 8.43. The Labute approximate surface area is 222 Å². The Morgan fingerprint density at radius 3 is 2.65 bits per heavy atom. The number of carboxylic acids is 2. The van der Waals surface area contributed by atoms with Crippen molar-refractivity contribution in [2.45, 2.75) is 26.3 Å². The van der Waals surface area contributed by atoms with Gasteiger partial charge in [-0.2, -0.15) is 0 Å². The van der Waals surface area contributed by atoms with Crippen molar-refractivity contribution in [1.29, 1.82) is 0 Å². The molecule has 10 nitrogen and oxygen atoms in total. The molecule has 0 bridgehead atoms. The molecule has 2 aromatic rings. The number of nitrogens with one attached hydrogen (secondary N) is 1. The van der Waals surface area contributed by atoms with Crippen LogP contribution in [0, 0.1) is 5.41 Å². The number of halogens is 1. The Kier molecular flexibility index (Phi) is 8.69. The highest BCUT2D eigenvalue weighted by Gasteiger charge is 2.43. The zero-order valence-corrected chi connectivity index (χ0v) is 22.0. The normalized spacial score (nSPS) is 17.8. The van der Waals surface area contributed by atoms with E-state index in [1.165, 1.54) is 30.5 Å². The van der Waals surface area contributed by atoms with Crippen LogP contribution in [0.3, 0.4) is 0 Å². The fraction of sp³-hybridized carbons (Fsp3) is 0.250. The predicted molar refractivity (Wildman–Crippen MR) is 141 cm³/mol. The van der Waals surface area contributed by atoms with Gasteiger partial charge in [0, 0.05) is 28.1 Å². The molecule has 13 heteroatoms. The maximum absolute atomic E-state index is 12.9. The molecule has 0 radical (unpaired) electrons. The minimum atomic E-state index is -3.80. The molecule has 1 atom stereocenters. The second-order valence-corrected chi connectivity index (χ2v) is 11.5. The summed E-state index contributed by atoms with van der Waals surface area (Å²) >= 11 is 7.09. The van der Waals surface area contributed by atoms with Gasteiger partial charge in [-0.05, 0) is 30.5 Å². The van der Waals surface area contributed by atoms with Crippen LogP contribution in [0.15, 0.2) is 53.0 Å². The van der Waals surface area contributed by atoms with E-state index in [1.54, 1.807) is 24.3 Å². The average Bonchev–Trinajstić information content (AvgIpc) is 3.24. The molecule has 1 aromatic carbocycles. The van der Waals surface area contributed by atoms with E-state index in [0.29, 0.717) is 16.1 Å². The molecule has 3 rings (SSSR count). The number of anilines is 1. The molecule has 0 aliphatic heterocycles. The topological polar surface area (TPSA) is 177 Å². The Bertz CT molecular complexity index is 1440. The number of Topliss-reactive ketones (excluding diaryl/α,β-unsaturated/α-hetero) is 1. The SMILES string of the molecule is C[C@@]1(C(=O)O)CC(C(=O)O)=CC=C1C(=O)Cc1csc(NS(=O)(=O)CC=Cc2cccc(Cl)c2CN)n1. The number of thiazole rings is 1. The number of sulfonamides is 1. The Balaban J connectivity index is 1.69. The summed E-state index contributed by atoms with van der Waals surface area (Å²) in [6.07, 6.45) is 4.87. The lowest BCUT2D eigenvalue weighted by molar-refractivity contribution is -0.147. The van der Waals surface area contributed by atoms with Gasteiger partial charge in [0.25, 0.3) is 0 Å². The molecule has 0 saturated carbocycles. The number of carbonyl (C=O) groups excluding carboxylic acids is 1. The monoisotopic (exact) mass is 565 g/mol. The van der Waals surface area contributed by atoms with Gasteiger partial charge in [-0.15, -0.1) is 11.3 Å². The molecule has 0 saturated heterocycles. The summed E-state index contributed by atoms with van der Waals surface area (Å²) < 4.78 is 27.3. The third-order valence-electron chi connectivity index (χ3n) is 5.75. The van der Waals surface area contributed by atoms with Crippen LogP contribution in [0.1, 0.15) is 30.2 Å². The van der Waals surface area contributed by atoms with Gasteiger partial charge in [0.2, 0.25) is 10.0 Å². The summed E-state index contributed by atoms with van der Waals surface area (Å²) in [6, 6.07) is 5.20. The lowest BCUT2D eigenvalue weighted by Crippen LogP contribution is -2.36. The largest absolute Gasteiger partial charge is 0.481 e. The van der Waals surface area contributed by atoms with Crippen LogP contribution in [-0.4, -0.2) is 47.1 Å². The zero-order chi connectivity index (χ0) is 27.4. The summed E-state index contributed by atoms with van der Waals surface area (Å²) in [4.78, 5) is 40.2. The molecule has 0 amide bonds. The van der Waals surface area contributed by atoms with Gasteiger partial charge in [0.1, 0.15) is 0 Å². The van der Waals surface area contributed by atoms with Gasteiger partial charge in [0.05, 0.1) is 23.3 Å². The number of rotatable bonds is 11. The maximum atomic E-state index is 12.9. The quantitative estimate of drug-likeness (QED) is 0.318. The van der Waals surface area contributed by atoms with Gasteiger partial charge in [-0.1, -0.05) is 48.0 Å². The number of nitrogens with two attached hydrogens (primary N) is 1. The van der Waals surface area contributed by atoms with Crippen LogP contribution in [0.4, 0.5) is 5.13 Å².